The predicted molar refractivity (Wildman–Crippen MR) is 95.7 cm³/mol. The Morgan fingerprint density at radius 2 is 1.83 bits per heavy atom. The zero-order chi connectivity index (χ0) is 17.2. The minimum absolute atomic E-state index is 0.0511. The number of methoxy groups -OCH3 is 1. The molecule has 2 rings (SSSR count). The summed E-state index contributed by atoms with van der Waals surface area (Å²) >= 11 is 0. The van der Waals surface area contributed by atoms with Crippen molar-refractivity contribution in [2.75, 3.05) is 38.7 Å². The van der Waals surface area contributed by atoms with Gasteiger partial charge in [-0.25, -0.2) is 0 Å². The van der Waals surface area contributed by atoms with E-state index in [4.69, 9.17) is 9.47 Å². The van der Waals surface area contributed by atoms with Gasteiger partial charge < -0.3 is 14.8 Å². The molecule has 0 atom stereocenters. The first-order valence-electron chi connectivity index (χ1n) is 8.05. The number of amides is 1. The fourth-order valence-electron chi connectivity index (χ4n) is 2.26. The molecule has 0 saturated heterocycles. The van der Waals surface area contributed by atoms with Crippen molar-refractivity contribution in [2.45, 2.75) is 6.92 Å². The lowest BCUT2D eigenvalue weighted by molar-refractivity contribution is -0.117. The lowest BCUT2D eigenvalue weighted by Gasteiger charge is -2.20. The minimum Gasteiger partial charge on any atom is -0.497 e. The summed E-state index contributed by atoms with van der Waals surface area (Å²) in [6.07, 6.45) is 0. The molecule has 0 unspecified atom stereocenters. The van der Waals surface area contributed by atoms with Crippen LogP contribution in [0.1, 0.15) is 6.92 Å². The summed E-state index contributed by atoms with van der Waals surface area (Å²) in [5, 5.41) is 2.89. The van der Waals surface area contributed by atoms with Gasteiger partial charge in [0.2, 0.25) is 5.91 Å². The molecule has 0 bridgehead atoms. The summed E-state index contributed by atoms with van der Waals surface area (Å²) in [5.74, 6) is 1.51. The number of hydrogen-bond donors (Lipinski definition) is 1. The summed E-state index contributed by atoms with van der Waals surface area (Å²) in [4.78, 5) is 14.2. The number of likely N-dealkylation sites (N-methyl/N-ethyl adjacent to an activating group) is 1. The van der Waals surface area contributed by atoms with Crippen LogP contribution < -0.4 is 14.8 Å². The number of nitrogens with zero attached hydrogens (tertiary/aromatic N) is 1. The van der Waals surface area contributed by atoms with Crippen molar-refractivity contribution in [3.8, 4) is 11.5 Å². The first-order valence-corrected chi connectivity index (χ1v) is 8.05. The van der Waals surface area contributed by atoms with Crippen LogP contribution in [0.3, 0.4) is 0 Å². The molecule has 0 aromatic heterocycles. The molecule has 0 heterocycles. The number of ether oxygens (including phenoxy) is 2. The van der Waals surface area contributed by atoms with Crippen LogP contribution in [0.15, 0.2) is 54.6 Å². The minimum atomic E-state index is -0.0511. The summed E-state index contributed by atoms with van der Waals surface area (Å²) < 4.78 is 10.8. The van der Waals surface area contributed by atoms with Gasteiger partial charge >= 0.3 is 0 Å². The van der Waals surface area contributed by atoms with Gasteiger partial charge in [0.05, 0.1) is 13.7 Å². The van der Waals surface area contributed by atoms with E-state index in [0.717, 1.165) is 23.7 Å². The molecule has 0 aliphatic carbocycles. The van der Waals surface area contributed by atoms with Crippen molar-refractivity contribution in [3.05, 3.63) is 54.6 Å². The molecule has 1 amide bonds. The standard InChI is InChI=1S/C19H24N2O3/c1-3-21(12-13-24-17-9-5-4-6-10-17)15-19(22)20-16-8-7-11-18(14-16)23-2/h4-11,14H,3,12-13,15H2,1-2H3,(H,20,22). The first kappa shape index (κ1) is 17.8. The Morgan fingerprint density at radius 3 is 2.54 bits per heavy atom. The van der Waals surface area contributed by atoms with Gasteiger partial charge in [-0.05, 0) is 30.8 Å². The van der Waals surface area contributed by atoms with E-state index in [9.17, 15) is 4.79 Å². The lowest BCUT2D eigenvalue weighted by Crippen LogP contribution is -2.35. The van der Waals surface area contributed by atoms with Crippen LogP contribution in [-0.2, 0) is 4.79 Å². The molecule has 5 nitrogen and oxygen atoms in total. The fraction of sp³-hybridized carbons (Fsp3) is 0.316. The van der Waals surface area contributed by atoms with Crippen LogP contribution in [0.4, 0.5) is 5.69 Å². The highest BCUT2D eigenvalue weighted by Gasteiger charge is 2.10. The van der Waals surface area contributed by atoms with Crippen molar-refractivity contribution in [3.63, 3.8) is 0 Å². The topological polar surface area (TPSA) is 50.8 Å². The highest BCUT2D eigenvalue weighted by Crippen LogP contribution is 2.16. The smallest absolute Gasteiger partial charge is 0.238 e. The van der Waals surface area contributed by atoms with Crippen molar-refractivity contribution >= 4 is 11.6 Å². The molecule has 1 N–H and O–H groups in total. The summed E-state index contributed by atoms with van der Waals surface area (Å²) in [6.45, 7) is 4.37. The van der Waals surface area contributed by atoms with Crippen molar-refractivity contribution in [2.24, 2.45) is 0 Å². The zero-order valence-electron chi connectivity index (χ0n) is 14.2. The molecule has 0 spiro atoms. The quantitative estimate of drug-likeness (QED) is 0.769. The second-order valence-corrected chi connectivity index (χ2v) is 5.31. The normalized spacial score (nSPS) is 10.5. The summed E-state index contributed by atoms with van der Waals surface area (Å²) in [6, 6.07) is 17.0. The molecule has 2 aromatic carbocycles. The van der Waals surface area contributed by atoms with Gasteiger partial charge in [0, 0.05) is 18.3 Å². The van der Waals surface area contributed by atoms with E-state index in [1.165, 1.54) is 0 Å². The Labute approximate surface area is 143 Å². The van der Waals surface area contributed by atoms with Crippen molar-refractivity contribution < 1.29 is 14.3 Å². The number of hydrogen-bond acceptors (Lipinski definition) is 4. The average Bonchev–Trinajstić information content (AvgIpc) is 2.62. The lowest BCUT2D eigenvalue weighted by atomic mass is 10.3. The molecule has 0 aliphatic heterocycles. The molecule has 0 fully saturated rings. The van der Waals surface area contributed by atoms with Crippen molar-refractivity contribution in [1.29, 1.82) is 0 Å². The second kappa shape index (κ2) is 9.57. The molecule has 0 saturated carbocycles. The van der Waals surface area contributed by atoms with Gasteiger partial charge in [-0.15, -0.1) is 0 Å². The van der Waals surface area contributed by atoms with Crippen LogP contribution in [0.5, 0.6) is 11.5 Å². The number of carbonyl (C=O) groups is 1. The van der Waals surface area contributed by atoms with Crippen molar-refractivity contribution in [1.82, 2.24) is 4.90 Å². The van der Waals surface area contributed by atoms with Gasteiger partial charge in [0.1, 0.15) is 18.1 Å². The van der Waals surface area contributed by atoms with Gasteiger partial charge in [0.25, 0.3) is 0 Å². The van der Waals surface area contributed by atoms with E-state index in [0.29, 0.717) is 19.7 Å². The third kappa shape index (κ3) is 5.93. The predicted octanol–water partition coefficient (Wildman–Crippen LogP) is 3.03. The monoisotopic (exact) mass is 328 g/mol. The Hall–Kier alpha value is -2.53. The maximum Gasteiger partial charge on any atom is 0.238 e. The average molecular weight is 328 g/mol. The highest BCUT2D eigenvalue weighted by atomic mass is 16.5. The zero-order valence-corrected chi connectivity index (χ0v) is 14.2. The van der Waals surface area contributed by atoms with Crippen LogP contribution in [-0.4, -0.2) is 44.2 Å². The molecular formula is C19H24N2O3. The number of rotatable bonds is 9. The largest absolute Gasteiger partial charge is 0.497 e. The number of carbonyl (C=O) groups excluding carboxylic acids is 1. The molecular weight excluding hydrogens is 304 g/mol. The third-order valence-electron chi connectivity index (χ3n) is 3.59. The maximum absolute atomic E-state index is 12.2. The van der Waals surface area contributed by atoms with E-state index < -0.39 is 0 Å². The second-order valence-electron chi connectivity index (χ2n) is 5.31. The maximum atomic E-state index is 12.2. The number of anilines is 1. The van der Waals surface area contributed by atoms with Gasteiger partial charge in [-0.1, -0.05) is 31.2 Å². The molecule has 0 aliphatic rings. The van der Waals surface area contributed by atoms with Gasteiger partial charge in [-0.3, -0.25) is 9.69 Å². The van der Waals surface area contributed by atoms with E-state index in [2.05, 4.69) is 5.32 Å². The van der Waals surface area contributed by atoms with Crippen LogP contribution in [0.25, 0.3) is 0 Å². The molecule has 0 radical (unpaired) electrons. The fourth-order valence-corrected chi connectivity index (χ4v) is 2.26. The summed E-state index contributed by atoms with van der Waals surface area (Å²) in [7, 11) is 1.60. The number of para-hydroxylation sites is 1. The Balaban J connectivity index is 1.77. The van der Waals surface area contributed by atoms with E-state index in [1.807, 2.05) is 60.4 Å². The number of benzene rings is 2. The van der Waals surface area contributed by atoms with Crippen LogP contribution >= 0.6 is 0 Å². The van der Waals surface area contributed by atoms with Gasteiger partial charge in [0.15, 0.2) is 0 Å². The Bertz CT molecular complexity index is 632. The Morgan fingerprint density at radius 1 is 1.08 bits per heavy atom. The van der Waals surface area contributed by atoms with Crippen LogP contribution in [0.2, 0.25) is 0 Å². The molecule has 24 heavy (non-hydrogen) atoms. The third-order valence-corrected chi connectivity index (χ3v) is 3.59. The van der Waals surface area contributed by atoms with Gasteiger partial charge in [-0.2, -0.15) is 0 Å². The molecule has 2 aromatic rings. The van der Waals surface area contributed by atoms with Crippen LogP contribution in [0, 0.1) is 0 Å². The van der Waals surface area contributed by atoms with E-state index in [-0.39, 0.29) is 5.91 Å². The highest BCUT2D eigenvalue weighted by molar-refractivity contribution is 5.92. The Kier molecular flexibility index (Phi) is 7.11. The molecule has 128 valence electrons. The molecule has 5 heteroatoms. The van der Waals surface area contributed by atoms with E-state index in [1.54, 1.807) is 13.2 Å². The number of nitrogens with one attached hydrogen (secondary N) is 1. The summed E-state index contributed by atoms with van der Waals surface area (Å²) in [5.41, 5.74) is 0.732. The SMILES string of the molecule is CCN(CCOc1ccccc1)CC(=O)Nc1cccc(OC)c1. The first-order chi connectivity index (χ1) is 11.7. The van der Waals surface area contributed by atoms with E-state index >= 15 is 0 Å².